The Balaban J connectivity index is 1.88. The minimum atomic E-state index is -0.395. The average molecular weight is 343 g/mol. The topological polar surface area (TPSA) is 64.1 Å². The molecular formula is C18H21N3O2S. The molecule has 2 aromatic rings. The standard InChI is InChI=1S/C18H21N3O2S/c1-17(2)8-9-18(3,4)14-13(17)21-16(24-14)20-12-7-6-11(10-19-12)15(22)23-5/h6-10H,1-5H3,(H,19,20,21). The average Bonchev–Trinajstić information content (AvgIpc) is 2.98. The third kappa shape index (κ3) is 2.94. The quantitative estimate of drug-likeness (QED) is 0.668. The summed E-state index contributed by atoms with van der Waals surface area (Å²) in [6, 6.07) is 3.44. The van der Waals surface area contributed by atoms with Gasteiger partial charge in [0.05, 0.1) is 18.4 Å². The van der Waals surface area contributed by atoms with Crippen molar-refractivity contribution in [1.29, 1.82) is 0 Å². The second kappa shape index (κ2) is 5.70. The summed E-state index contributed by atoms with van der Waals surface area (Å²) in [6.45, 7) is 8.74. The number of nitrogens with one attached hydrogen (secondary N) is 1. The number of pyridine rings is 1. The van der Waals surface area contributed by atoms with E-state index in [1.807, 2.05) is 0 Å². The molecule has 0 radical (unpaired) electrons. The van der Waals surface area contributed by atoms with Gasteiger partial charge in [-0.25, -0.2) is 14.8 Å². The number of carbonyl (C=O) groups excluding carboxylic acids is 1. The maximum atomic E-state index is 11.5. The van der Waals surface area contributed by atoms with Crippen LogP contribution in [0, 0.1) is 0 Å². The smallest absolute Gasteiger partial charge is 0.339 e. The van der Waals surface area contributed by atoms with Crippen LogP contribution < -0.4 is 5.32 Å². The molecule has 1 aliphatic carbocycles. The Bertz CT molecular complexity index is 769. The van der Waals surface area contributed by atoms with Gasteiger partial charge in [-0.05, 0) is 12.1 Å². The maximum Gasteiger partial charge on any atom is 0.339 e. The molecule has 0 spiro atoms. The van der Waals surface area contributed by atoms with E-state index in [0.717, 1.165) is 10.8 Å². The predicted molar refractivity (Wildman–Crippen MR) is 96.2 cm³/mol. The molecule has 0 saturated carbocycles. The van der Waals surface area contributed by atoms with Crippen molar-refractivity contribution in [3.8, 4) is 0 Å². The van der Waals surface area contributed by atoms with E-state index < -0.39 is 5.97 Å². The number of hydrogen-bond donors (Lipinski definition) is 1. The van der Waals surface area contributed by atoms with Crippen LogP contribution >= 0.6 is 11.3 Å². The molecule has 5 nitrogen and oxygen atoms in total. The Morgan fingerprint density at radius 2 is 1.88 bits per heavy atom. The number of allylic oxidation sites excluding steroid dienone is 2. The summed E-state index contributed by atoms with van der Waals surface area (Å²) in [5.41, 5.74) is 1.43. The van der Waals surface area contributed by atoms with E-state index in [9.17, 15) is 4.79 Å². The number of aromatic nitrogens is 2. The summed E-state index contributed by atoms with van der Waals surface area (Å²) in [5, 5.41) is 4.05. The van der Waals surface area contributed by atoms with Crippen molar-refractivity contribution < 1.29 is 9.53 Å². The molecular weight excluding hydrogens is 322 g/mol. The highest BCUT2D eigenvalue weighted by molar-refractivity contribution is 7.16. The van der Waals surface area contributed by atoms with Gasteiger partial charge in [-0.1, -0.05) is 39.8 Å². The highest BCUT2D eigenvalue weighted by Crippen LogP contribution is 2.45. The minimum Gasteiger partial charge on any atom is -0.465 e. The fraction of sp³-hybridized carbons (Fsp3) is 0.389. The molecule has 126 valence electrons. The highest BCUT2D eigenvalue weighted by atomic mass is 32.1. The normalized spacial score (nSPS) is 17.2. The molecule has 0 amide bonds. The van der Waals surface area contributed by atoms with E-state index in [1.165, 1.54) is 18.2 Å². The van der Waals surface area contributed by atoms with Crippen molar-refractivity contribution in [1.82, 2.24) is 9.97 Å². The Kier molecular flexibility index (Phi) is 3.95. The number of nitrogens with zero attached hydrogens (tertiary/aromatic N) is 2. The van der Waals surface area contributed by atoms with E-state index in [4.69, 9.17) is 4.98 Å². The lowest BCUT2D eigenvalue weighted by Gasteiger charge is -2.32. The third-order valence-electron chi connectivity index (χ3n) is 4.16. The number of carbonyl (C=O) groups is 1. The second-order valence-corrected chi connectivity index (χ2v) is 8.02. The van der Waals surface area contributed by atoms with Crippen LogP contribution in [0.1, 0.15) is 48.6 Å². The van der Waals surface area contributed by atoms with Crippen molar-refractivity contribution in [2.75, 3.05) is 12.4 Å². The van der Waals surface area contributed by atoms with E-state index in [-0.39, 0.29) is 10.8 Å². The van der Waals surface area contributed by atoms with Gasteiger partial charge in [0, 0.05) is 21.9 Å². The zero-order valence-corrected chi connectivity index (χ0v) is 15.3. The SMILES string of the molecule is COC(=O)c1ccc(Nc2nc3c(s2)C(C)(C)C=CC3(C)C)nc1. The van der Waals surface area contributed by atoms with Crippen LogP contribution in [0.3, 0.4) is 0 Å². The lowest BCUT2D eigenvalue weighted by Crippen LogP contribution is -2.27. The Morgan fingerprint density at radius 1 is 1.17 bits per heavy atom. The monoisotopic (exact) mass is 343 g/mol. The summed E-state index contributed by atoms with van der Waals surface area (Å²) in [6.07, 6.45) is 5.97. The van der Waals surface area contributed by atoms with E-state index >= 15 is 0 Å². The lowest BCUT2D eigenvalue weighted by molar-refractivity contribution is 0.0600. The first kappa shape index (κ1) is 16.6. The van der Waals surface area contributed by atoms with Crippen molar-refractivity contribution in [3.05, 3.63) is 46.6 Å². The van der Waals surface area contributed by atoms with Gasteiger partial charge >= 0.3 is 5.97 Å². The van der Waals surface area contributed by atoms with Crippen LogP contribution in [0.15, 0.2) is 30.5 Å². The zero-order valence-electron chi connectivity index (χ0n) is 14.5. The number of methoxy groups -OCH3 is 1. The number of anilines is 2. The Morgan fingerprint density at radius 3 is 2.46 bits per heavy atom. The van der Waals surface area contributed by atoms with Gasteiger partial charge in [-0.3, -0.25) is 0 Å². The molecule has 0 aromatic carbocycles. The first-order valence-electron chi connectivity index (χ1n) is 7.76. The molecule has 0 aliphatic heterocycles. The summed E-state index contributed by atoms with van der Waals surface area (Å²) in [7, 11) is 1.35. The molecule has 2 heterocycles. The molecule has 0 saturated heterocycles. The number of fused-ring (bicyclic) bond motifs is 1. The molecule has 0 atom stereocenters. The van der Waals surface area contributed by atoms with E-state index in [0.29, 0.717) is 11.4 Å². The summed E-state index contributed by atoms with van der Waals surface area (Å²) in [4.78, 5) is 21.8. The highest BCUT2D eigenvalue weighted by Gasteiger charge is 2.36. The van der Waals surface area contributed by atoms with Gasteiger partial charge in [0.1, 0.15) is 5.82 Å². The van der Waals surface area contributed by atoms with Crippen LogP contribution in [0.25, 0.3) is 0 Å². The van der Waals surface area contributed by atoms with Gasteiger partial charge in [0.15, 0.2) is 5.13 Å². The zero-order chi connectivity index (χ0) is 17.5. The first-order chi connectivity index (χ1) is 11.2. The number of hydrogen-bond acceptors (Lipinski definition) is 6. The van der Waals surface area contributed by atoms with Crippen molar-refractivity contribution in [2.24, 2.45) is 0 Å². The number of rotatable bonds is 3. The second-order valence-electron chi connectivity index (χ2n) is 7.02. The van der Waals surface area contributed by atoms with E-state index in [2.05, 4.69) is 54.9 Å². The number of thiazole rings is 1. The first-order valence-corrected chi connectivity index (χ1v) is 8.58. The molecule has 24 heavy (non-hydrogen) atoms. The van der Waals surface area contributed by atoms with Gasteiger partial charge in [-0.15, -0.1) is 11.3 Å². The predicted octanol–water partition coefficient (Wildman–Crippen LogP) is 4.19. The minimum absolute atomic E-state index is 0.0232. The summed E-state index contributed by atoms with van der Waals surface area (Å²) in [5.74, 6) is 0.255. The van der Waals surface area contributed by atoms with Crippen LogP contribution in [0.2, 0.25) is 0 Å². The Labute approximate surface area is 145 Å². The van der Waals surface area contributed by atoms with Gasteiger partial charge < -0.3 is 10.1 Å². The van der Waals surface area contributed by atoms with Crippen LogP contribution in [0.5, 0.6) is 0 Å². The molecule has 3 rings (SSSR count). The van der Waals surface area contributed by atoms with Crippen molar-refractivity contribution >= 4 is 28.3 Å². The van der Waals surface area contributed by atoms with Crippen LogP contribution in [-0.2, 0) is 15.6 Å². The largest absolute Gasteiger partial charge is 0.465 e. The van der Waals surface area contributed by atoms with Crippen LogP contribution in [-0.4, -0.2) is 23.0 Å². The van der Waals surface area contributed by atoms with Crippen molar-refractivity contribution in [2.45, 2.75) is 38.5 Å². The molecule has 2 aromatic heterocycles. The number of esters is 1. The Hall–Kier alpha value is -2.21. The molecule has 1 N–H and O–H groups in total. The maximum absolute atomic E-state index is 11.5. The van der Waals surface area contributed by atoms with Gasteiger partial charge in [0.2, 0.25) is 0 Å². The molecule has 1 aliphatic rings. The van der Waals surface area contributed by atoms with E-state index in [1.54, 1.807) is 23.5 Å². The van der Waals surface area contributed by atoms with Gasteiger partial charge in [-0.2, -0.15) is 0 Å². The van der Waals surface area contributed by atoms with Gasteiger partial charge in [0.25, 0.3) is 0 Å². The van der Waals surface area contributed by atoms with Crippen LogP contribution in [0.4, 0.5) is 10.9 Å². The van der Waals surface area contributed by atoms with Crippen molar-refractivity contribution in [3.63, 3.8) is 0 Å². The molecule has 6 heteroatoms. The fourth-order valence-electron chi connectivity index (χ4n) is 2.63. The summed E-state index contributed by atoms with van der Waals surface area (Å²) >= 11 is 1.65. The third-order valence-corrected chi connectivity index (χ3v) is 5.47. The molecule has 0 bridgehead atoms. The summed E-state index contributed by atoms with van der Waals surface area (Å²) < 4.78 is 4.68. The lowest BCUT2D eigenvalue weighted by atomic mass is 9.75. The molecule has 0 fully saturated rings. The number of ether oxygens (including phenoxy) is 1. The fourth-order valence-corrected chi connectivity index (χ4v) is 3.86. The molecule has 0 unspecified atom stereocenters.